The minimum atomic E-state index is -0.212. The highest BCUT2D eigenvalue weighted by Gasteiger charge is 2.31. The quantitative estimate of drug-likeness (QED) is 0.479. The first-order valence-corrected chi connectivity index (χ1v) is 11.5. The summed E-state index contributed by atoms with van der Waals surface area (Å²) in [5, 5.41) is 13.5. The Labute approximate surface area is 181 Å². The zero-order chi connectivity index (χ0) is 20.9. The van der Waals surface area contributed by atoms with Crippen molar-refractivity contribution in [3.63, 3.8) is 0 Å². The highest BCUT2D eigenvalue weighted by Crippen LogP contribution is 2.40. The first-order valence-electron chi connectivity index (χ1n) is 9.69. The van der Waals surface area contributed by atoms with Gasteiger partial charge in [-0.25, -0.2) is 4.98 Å². The van der Waals surface area contributed by atoms with Gasteiger partial charge in [-0.05, 0) is 38.5 Å². The zero-order valence-electron chi connectivity index (χ0n) is 16.9. The predicted molar refractivity (Wildman–Crippen MR) is 119 cm³/mol. The van der Waals surface area contributed by atoms with E-state index in [0.717, 1.165) is 33.8 Å². The van der Waals surface area contributed by atoms with E-state index in [2.05, 4.69) is 29.4 Å². The minimum Gasteiger partial charge on any atom is -0.370 e. The molecule has 0 unspecified atom stereocenters. The molecule has 7 nitrogen and oxygen atoms in total. The van der Waals surface area contributed by atoms with E-state index < -0.39 is 0 Å². The molecule has 154 valence electrons. The third-order valence-electron chi connectivity index (χ3n) is 5.10. The number of nitrogens with one attached hydrogen (secondary N) is 1. The lowest BCUT2D eigenvalue weighted by Crippen LogP contribution is -2.31. The van der Waals surface area contributed by atoms with Crippen LogP contribution in [0, 0.1) is 6.92 Å². The third kappa shape index (κ3) is 3.46. The fraction of sp³-hybridized carbons (Fsp3) is 0.333. The van der Waals surface area contributed by atoms with Crippen molar-refractivity contribution in [1.29, 1.82) is 0 Å². The molecule has 30 heavy (non-hydrogen) atoms. The molecule has 1 aliphatic rings. The lowest BCUT2D eigenvalue weighted by Gasteiger charge is -2.30. The number of thioether (sulfide) groups is 1. The Hall–Kier alpha value is -2.49. The van der Waals surface area contributed by atoms with Crippen LogP contribution in [0.4, 0.5) is 5.69 Å². The Bertz CT molecular complexity index is 1260. The topological polar surface area (TPSA) is 81.4 Å². The molecular weight excluding hydrogens is 418 g/mol. The number of benzene rings is 1. The highest BCUT2D eigenvalue weighted by atomic mass is 32.2. The van der Waals surface area contributed by atoms with Crippen LogP contribution in [0.1, 0.15) is 30.1 Å². The van der Waals surface area contributed by atoms with Crippen molar-refractivity contribution in [3.8, 4) is 0 Å². The van der Waals surface area contributed by atoms with Crippen LogP contribution in [-0.2, 0) is 22.6 Å². The van der Waals surface area contributed by atoms with Crippen molar-refractivity contribution >= 4 is 50.6 Å². The molecule has 5 rings (SSSR count). The largest absolute Gasteiger partial charge is 0.370 e. The van der Waals surface area contributed by atoms with Crippen LogP contribution in [0.5, 0.6) is 0 Å². The number of para-hydroxylation sites is 1. The summed E-state index contributed by atoms with van der Waals surface area (Å²) in [6, 6.07) is 9.43. The number of aromatic nitrogens is 4. The summed E-state index contributed by atoms with van der Waals surface area (Å²) in [5.41, 5.74) is 2.63. The van der Waals surface area contributed by atoms with Crippen LogP contribution in [-0.4, -0.2) is 36.8 Å². The van der Waals surface area contributed by atoms with Gasteiger partial charge in [-0.1, -0.05) is 30.0 Å². The second kappa shape index (κ2) is 7.33. The van der Waals surface area contributed by atoms with E-state index in [1.807, 2.05) is 41.7 Å². The summed E-state index contributed by atoms with van der Waals surface area (Å²) < 4.78 is 7.93. The molecule has 0 fully saturated rings. The molecule has 4 aromatic rings. The third-order valence-corrected chi connectivity index (χ3v) is 7.13. The molecule has 1 aromatic carbocycles. The van der Waals surface area contributed by atoms with Gasteiger partial charge < -0.3 is 10.1 Å². The molecule has 9 heteroatoms. The number of anilines is 1. The molecule has 0 saturated heterocycles. The molecule has 1 aliphatic heterocycles. The van der Waals surface area contributed by atoms with Crippen LogP contribution in [0.3, 0.4) is 0 Å². The first-order chi connectivity index (χ1) is 14.4. The van der Waals surface area contributed by atoms with Crippen molar-refractivity contribution < 1.29 is 9.53 Å². The summed E-state index contributed by atoms with van der Waals surface area (Å²) >= 11 is 3.03. The molecule has 1 amide bonds. The predicted octanol–water partition coefficient (Wildman–Crippen LogP) is 4.23. The average Bonchev–Trinajstić information content (AvgIpc) is 3.27. The van der Waals surface area contributed by atoms with Crippen LogP contribution in [0.15, 0.2) is 35.5 Å². The monoisotopic (exact) mass is 439 g/mol. The van der Waals surface area contributed by atoms with Gasteiger partial charge in [0.2, 0.25) is 5.91 Å². The number of thiophene rings is 1. The van der Waals surface area contributed by atoms with Gasteiger partial charge in [0.15, 0.2) is 10.8 Å². The maximum atomic E-state index is 12.3. The smallest absolute Gasteiger partial charge is 0.234 e. The Morgan fingerprint density at radius 1 is 1.30 bits per heavy atom. The molecule has 0 radical (unpaired) electrons. The molecule has 0 saturated carbocycles. The maximum Gasteiger partial charge on any atom is 0.234 e. The molecule has 0 spiro atoms. The number of hydrogen-bond acceptors (Lipinski definition) is 7. The van der Waals surface area contributed by atoms with Gasteiger partial charge >= 0.3 is 0 Å². The van der Waals surface area contributed by atoms with Crippen molar-refractivity contribution in [2.45, 2.75) is 44.6 Å². The summed E-state index contributed by atoms with van der Waals surface area (Å²) in [5.74, 6) is 0.976. The molecule has 0 aliphatic carbocycles. The fourth-order valence-electron chi connectivity index (χ4n) is 3.71. The number of aryl methyl sites for hydroxylation is 1. The highest BCUT2D eigenvalue weighted by molar-refractivity contribution is 7.99. The zero-order valence-corrected chi connectivity index (χ0v) is 18.6. The standard InChI is InChI=1S/C21H21N5O2S2/c1-12-22-19-17(14-9-21(2,3)28-10-15(14)30-19)18-24-25-20(26(12)18)29-11-16(27)23-13-7-5-4-6-8-13/h4-8H,9-11H2,1-3H3,(H,23,27). The number of hydrogen-bond donors (Lipinski definition) is 1. The fourth-order valence-corrected chi connectivity index (χ4v) is 5.63. The number of rotatable bonds is 4. The Morgan fingerprint density at radius 2 is 2.10 bits per heavy atom. The summed E-state index contributed by atoms with van der Waals surface area (Å²) in [6.07, 6.45) is 0.817. The average molecular weight is 440 g/mol. The van der Waals surface area contributed by atoms with Gasteiger partial charge in [-0.3, -0.25) is 9.20 Å². The van der Waals surface area contributed by atoms with E-state index in [-0.39, 0.29) is 17.3 Å². The molecule has 4 heterocycles. The van der Waals surface area contributed by atoms with E-state index in [9.17, 15) is 4.79 Å². The van der Waals surface area contributed by atoms with Crippen molar-refractivity contribution in [2.75, 3.05) is 11.1 Å². The van der Waals surface area contributed by atoms with Gasteiger partial charge in [-0.2, -0.15) is 0 Å². The van der Waals surface area contributed by atoms with E-state index in [1.54, 1.807) is 11.3 Å². The number of nitrogens with zero attached hydrogens (tertiary/aromatic N) is 4. The molecule has 3 aromatic heterocycles. The second-order valence-electron chi connectivity index (χ2n) is 7.91. The number of fused-ring (bicyclic) bond motifs is 5. The molecular formula is C21H21N5O2S2. The van der Waals surface area contributed by atoms with Crippen LogP contribution < -0.4 is 5.32 Å². The SMILES string of the molecule is Cc1nc2sc3c(c2c2nnc(SCC(=O)Nc4ccccc4)n12)CC(C)(C)OC3. The normalized spacial score (nSPS) is 15.4. The van der Waals surface area contributed by atoms with Crippen molar-refractivity contribution in [1.82, 2.24) is 19.6 Å². The summed E-state index contributed by atoms with van der Waals surface area (Å²) in [7, 11) is 0. The van der Waals surface area contributed by atoms with Crippen LogP contribution in [0.2, 0.25) is 0 Å². The second-order valence-corrected chi connectivity index (χ2v) is 9.94. The lowest BCUT2D eigenvalue weighted by atomic mass is 9.94. The lowest BCUT2D eigenvalue weighted by molar-refractivity contribution is -0.113. The van der Waals surface area contributed by atoms with Gasteiger partial charge in [-0.15, -0.1) is 21.5 Å². The van der Waals surface area contributed by atoms with E-state index >= 15 is 0 Å². The number of carbonyl (C=O) groups is 1. The van der Waals surface area contributed by atoms with Gasteiger partial charge in [0, 0.05) is 17.0 Å². The van der Waals surface area contributed by atoms with Gasteiger partial charge in [0.1, 0.15) is 10.7 Å². The summed E-state index contributed by atoms with van der Waals surface area (Å²) in [4.78, 5) is 19.3. The Morgan fingerprint density at radius 3 is 2.90 bits per heavy atom. The van der Waals surface area contributed by atoms with E-state index in [1.165, 1.54) is 22.2 Å². The maximum absolute atomic E-state index is 12.3. The minimum absolute atomic E-state index is 0.0820. The molecule has 0 bridgehead atoms. The summed E-state index contributed by atoms with van der Waals surface area (Å²) in [6.45, 7) is 6.76. The van der Waals surface area contributed by atoms with E-state index in [0.29, 0.717) is 11.8 Å². The van der Waals surface area contributed by atoms with Crippen molar-refractivity contribution in [2.24, 2.45) is 0 Å². The number of ether oxygens (including phenoxy) is 1. The van der Waals surface area contributed by atoms with Gasteiger partial charge in [0.05, 0.1) is 23.3 Å². The van der Waals surface area contributed by atoms with Crippen LogP contribution in [0.25, 0.3) is 15.9 Å². The first kappa shape index (κ1) is 19.5. The van der Waals surface area contributed by atoms with E-state index in [4.69, 9.17) is 9.72 Å². The Kier molecular flexibility index (Phi) is 4.76. The molecule has 1 N–H and O–H groups in total. The van der Waals surface area contributed by atoms with Crippen molar-refractivity contribution in [3.05, 3.63) is 46.6 Å². The molecule has 0 atom stereocenters. The van der Waals surface area contributed by atoms with Crippen LogP contribution >= 0.6 is 23.1 Å². The number of carbonyl (C=O) groups excluding carboxylic acids is 1. The Balaban J connectivity index is 1.47. The van der Waals surface area contributed by atoms with Gasteiger partial charge in [0.25, 0.3) is 0 Å². The number of amides is 1.